The molecule has 2 aromatic heterocycles. The summed E-state index contributed by atoms with van der Waals surface area (Å²) in [5.74, 6) is 1.93. The van der Waals surface area contributed by atoms with Crippen molar-refractivity contribution >= 4 is 0 Å². The lowest BCUT2D eigenvalue weighted by molar-refractivity contribution is 0.339. The largest absolute Gasteiger partial charge is 0.493 e. The Morgan fingerprint density at radius 3 is 2.43 bits per heavy atom. The molecule has 0 aliphatic rings. The SMILES string of the molecule is CCOc1ccccc1-c1nc(-c2ccc(-c3ccccc3)nc2OC)no1. The molecule has 4 aromatic rings. The number of ether oxygens (including phenoxy) is 2. The molecule has 4 rings (SSSR count). The van der Waals surface area contributed by atoms with Gasteiger partial charge in [0.15, 0.2) is 0 Å². The molecular formula is C22H19N3O3. The number of nitrogens with zero attached hydrogens (tertiary/aromatic N) is 3. The molecular weight excluding hydrogens is 354 g/mol. The van der Waals surface area contributed by atoms with Crippen LogP contribution >= 0.6 is 0 Å². The van der Waals surface area contributed by atoms with Crippen molar-refractivity contribution in [2.45, 2.75) is 6.92 Å². The maximum atomic E-state index is 5.65. The summed E-state index contributed by atoms with van der Waals surface area (Å²) >= 11 is 0. The summed E-state index contributed by atoms with van der Waals surface area (Å²) in [6.45, 7) is 2.48. The molecule has 0 saturated heterocycles. The fraction of sp³-hybridized carbons (Fsp3) is 0.136. The topological polar surface area (TPSA) is 70.3 Å². The fourth-order valence-electron chi connectivity index (χ4n) is 2.90. The Bertz CT molecular complexity index is 1080. The van der Waals surface area contributed by atoms with Gasteiger partial charge in [-0.3, -0.25) is 0 Å². The number of para-hydroxylation sites is 1. The van der Waals surface area contributed by atoms with E-state index in [9.17, 15) is 0 Å². The number of benzene rings is 2. The van der Waals surface area contributed by atoms with Crippen molar-refractivity contribution in [1.29, 1.82) is 0 Å². The molecule has 0 atom stereocenters. The van der Waals surface area contributed by atoms with E-state index in [1.165, 1.54) is 0 Å². The van der Waals surface area contributed by atoms with Crippen LogP contribution in [0.1, 0.15) is 6.92 Å². The molecule has 0 saturated carbocycles. The summed E-state index contributed by atoms with van der Waals surface area (Å²) in [4.78, 5) is 9.13. The summed E-state index contributed by atoms with van der Waals surface area (Å²) in [5, 5.41) is 4.11. The van der Waals surface area contributed by atoms with Gasteiger partial charge in [-0.05, 0) is 31.2 Å². The molecule has 0 aliphatic carbocycles. The van der Waals surface area contributed by atoms with Gasteiger partial charge in [0.1, 0.15) is 5.75 Å². The van der Waals surface area contributed by atoms with Crippen molar-refractivity contribution in [1.82, 2.24) is 15.1 Å². The Kier molecular flexibility index (Phi) is 5.01. The maximum Gasteiger partial charge on any atom is 0.262 e. The van der Waals surface area contributed by atoms with E-state index in [4.69, 9.17) is 14.0 Å². The average molecular weight is 373 g/mol. The van der Waals surface area contributed by atoms with Crippen LogP contribution < -0.4 is 9.47 Å². The van der Waals surface area contributed by atoms with Crippen LogP contribution in [0.2, 0.25) is 0 Å². The highest BCUT2D eigenvalue weighted by atomic mass is 16.5. The highest BCUT2D eigenvalue weighted by molar-refractivity contribution is 5.70. The molecule has 0 radical (unpaired) electrons. The van der Waals surface area contributed by atoms with Crippen molar-refractivity contribution in [3.8, 4) is 45.7 Å². The molecule has 6 nitrogen and oxygen atoms in total. The maximum absolute atomic E-state index is 5.65. The second-order valence-electron chi connectivity index (χ2n) is 5.97. The van der Waals surface area contributed by atoms with Crippen LogP contribution in [0.15, 0.2) is 71.3 Å². The molecule has 0 bridgehead atoms. The predicted molar refractivity (Wildman–Crippen MR) is 106 cm³/mol. The molecule has 0 unspecified atom stereocenters. The van der Waals surface area contributed by atoms with Gasteiger partial charge in [0.05, 0.1) is 30.5 Å². The van der Waals surface area contributed by atoms with Crippen LogP contribution in [-0.4, -0.2) is 28.8 Å². The minimum Gasteiger partial charge on any atom is -0.493 e. The van der Waals surface area contributed by atoms with E-state index in [0.29, 0.717) is 35.5 Å². The Balaban J connectivity index is 1.71. The Hall–Kier alpha value is -3.67. The Morgan fingerprint density at radius 1 is 0.857 bits per heavy atom. The molecule has 28 heavy (non-hydrogen) atoms. The molecule has 0 fully saturated rings. The van der Waals surface area contributed by atoms with E-state index in [2.05, 4.69) is 15.1 Å². The quantitative estimate of drug-likeness (QED) is 0.480. The van der Waals surface area contributed by atoms with Gasteiger partial charge in [0.25, 0.3) is 5.89 Å². The number of hydrogen-bond acceptors (Lipinski definition) is 6. The smallest absolute Gasteiger partial charge is 0.262 e. The second-order valence-corrected chi connectivity index (χ2v) is 5.97. The van der Waals surface area contributed by atoms with Gasteiger partial charge < -0.3 is 14.0 Å². The summed E-state index contributed by atoms with van der Waals surface area (Å²) in [5.41, 5.74) is 3.22. The zero-order valence-electron chi connectivity index (χ0n) is 15.6. The van der Waals surface area contributed by atoms with E-state index >= 15 is 0 Å². The molecule has 2 heterocycles. The molecule has 0 amide bonds. The number of methoxy groups -OCH3 is 1. The zero-order chi connectivity index (χ0) is 19.3. The van der Waals surface area contributed by atoms with Crippen LogP contribution in [0, 0.1) is 0 Å². The van der Waals surface area contributed by atoms with Crippen molar-refractivity contribution in [3.05, 3.63) is 66.7 Å². The Labute approximate surface area is 162 Å². The monoisotopic (exact) mass is 373 g/mol. The predicted octanol–water partition coefficient (Wildman–Crippen LogP) is 4.87. The van der Waals surface area contributed by atoms with Crippen molar-refractivity contribution in [3.63, 3.8) is 0 Å². The third kappa shape index (κ3) is 3.44. The van der Waals surface area contributed by atoms with E-state index in [1.54, 1.807) is 7.11 Å². The van der Waals surface area contributed by atoms with Crippen LogP contribution in [0.5, 0.6) is 11.6 Å². The van der Waals surface area contributed by atoms with Crippen LogP contribution in [0.25, 0.3) is 34.1 Å². The van der Waals surface area contributed by atoms with Crippen LogP contribution in [0.3, 0.4) is 0 Å². The summed E-state index contributed by atoms with van der Waals surface area (Å²) in [6, 6.07) is 21.3. The third-order valence-electron chi connectivity index (χ3n) is 4.21. The fourth-order valence-corrected chi connectivity index (χ4v) is 2.90. The summed E-state index contributed by atoms with van der Waals surface area (Å²) in [6.07, 6.45) is 0. The second kappa shape index (κ2) is 7.92. The number of pyridine rings is 1. The molecule has 6 heteroatoms. The minimum absolute atomic E-state index is 0.383. The van der Waals surface area contributed by atoms with Crippen LogP contribution in [-0.2, 0) is 0 Å². The average Bonchev–Trinajstić information content (AvgIpc) is 3.24. The first-order valence-electron chi connectivity index (χ1n) is 8.97. The standard InChI is InChI=1S/C22H19N3O3/c1-3-27-19-12-8-7-11-16(19)22-24-20(25-28-22)17-13-14-18(23-21(17)26-2)15-9-5-4-6-10-15/h4-14H,3H2,1-2H3. The Morgan fingerprint density at radius 2 is 1.64 bits per heavy atom. The van der Waals surface area contributed by atoms with Gasteiger partial charge in [0.2, 0.25) is 11.7 Å². The molecule has 2 aromatic carbocycles. The van der Waals surface area contributed by atoms with Gasteiger partial charge in [0, 0.05) is 5.56 Å². The van der Waals surface area contributed by atoms with E-state index in [-0.39, 0.29) is 0 Å². The third-order valence-corrected chi connectivity index (χ3v) is 4.21. The molecule has 0 aliphatic heterocycles. The highest BCUT2D eigenvalue weighted by Crippen LogP contribution is 2.33. The highest BCUT2D eigenvalue weighted by Gasteiger charge is 2.18. The number of rotatable bonds is 6. The van der Waals surface area contributed by atoms with Crippen molar-refractivity contribution in [2.24, 2.45) is 0 Å². The minimum atomic E-state index is 0.383. The van der Waals surface area contributed by atoms with E-state index in [1.807, 2.05) is 73.7 Å². The number of hydrogen-bond donors (Lipinski definition) is 0. The summed E-state index contributed by atoms with van der Waals surface area (Å²) < 4.78 is 16.6. The van der Waals surface area contributed by atoms with Gasteiger partial charge in [-0.2, -0.15) is 4.98 Å². The van der Waals surface area contributed by atoms with Crippen molar-refractivity contribution < 1.29 is 14.0 Å². The van der Waals surface area contributed by atoms with Gasteiger partial charge in [-0.15, -0.1) is 0 Å². The normalized spacial score (nSPS) is 10.6. The first-order chi connectivity index (χ1) is 13.8. The number of aromatic nitrogens is 3. The lowest BCUT2D eigenvalue weighted by Gasteiger charge is -2.07. The van der Waals surface area contributed by atoms with Crippen molar-refractivity contribution in [2.75, 3.05) is 13.7 Å². The lowest BCUT2D eigenvalue weighted by atomic mass is 10.1. The molecule has 0 N–H and O–H groups in total. The van der Waals surface area contributed by atoms with Gasteiger partial charge in [-0.25, -0.2) is 4.98 Å². The zero-order valence-corrected chi connectivity index (χ0v) is 15.6. The first kappa shape index (κ1) is 17.7. The first-order valence-corrected chi connectivity index (χ1v) is 8.97. The van der Waals surface area contributed by atoms with Crippen LogP contribution in [0.4, 0.5) is 0 Å². The van der Waals surface area contributed by atoms with E-state index < -0.39 is 0 Å². The molecule has 140 valence electrons. The van der Waals surface area contributed by atoms with E-state index in [0.717, 1.165) is 16.8 Å². The summed E-state index contributed by atoms with van der Waals surface area (Å²) in [7, 11) is 1.58. The van der Waals surface area contributed by atoms with Gasteiger partial charge >= 0.3 is 0 Å². The van der Waals surface area contributed by atoms with Gasteiger partial charge in [-0.1, -0.05) is 47.6 Å². The lowest BCUT2D eigenvalue weighted by Crippen LogP contribution is -1.95. The molecule has 0 spiro atoms.